The van der Waals surface area contributed by atoms with Gasteiger partial charge in [0.05, 0.1) is 0 Å². The van der Waals surface area contributed by atoms with E-state index in [-0.39, 0.29) is 5.82 Å². The maximum Gasteiger partial charge on any atom is 0.126 e. The van der Waals surface area contributed by atoms with Crippen LogP contribution in [0.15, 0.2) is 18.2 Å². The number of rotatable bonds is 2. The topological polar surface area (TPSA) is 12.0 Å². The first-order valence-corrected chi connectivity index (χ1v) is 6.36. The van der Waals surface area contributed by atoms with Crippen molar-refractivity contribution < 1.29 is 4.39 Å². The van der Waals surface area contributed by atoms with Gasteiger partial charge in [0.25, 0.3) is 0 Å². The predicted molar refractivity (Wildman–Crippen MR) is 65.1 cm³/mol. The lowest BCUT2D eigenvalue weighted by atomic mass is 10.1. The summed E-state index contributed by atoms with van der Waals surface area (Å²) in [4.78, 5) is 0. The third-order valence-electron chi connectivity index (χ3n) is 2.89. The van der Waals surface area contributed by atoms with Gasteiger partial charge in [-0.25, -0.2) is 4.39 Å². The Hall–Kier alpha value is -0.700. The Bertz CT molecular complexity index is 353. The third-order valence-corrected chi connectivity index (χ3v) is 4.21. The summed E-state index contributed by atoms with van der Waals surface area (Å²) < 4.78 is 13.1. The minimum atomic E-state index is -0.130. The Labute approximate surface area is 94.5 Å². The Morgan fingerprint density at radius 2 is 2.27 bits per heavy atom. The van der Waals surface area contributed by atoms with Gasteiger partial charge in [0, 0.05) is 17.0 Å². The number of halogens is 1. The van der Waals surface area contributed by atoms with E-state index in [2.05, 4.69) is 12.2 Å². The highest BCUT2D eigenvalue weighted by molar-refractivity contribution is 8.00. The Morgan fingerprint density at radius 3 is 2.87 bits per heavy atom. The van der Waals surface area contributed by atoms with Crippen LogP contribution in [0.4, 0.5) is 10.1 Å². The highest BCUT2D eigenvalue weighted by Gasteiger charge is 2.23. The van der Waals surface area contributed by atoms with Crippen LogP contribution >= 0.6 is 11.8 Å². The van der Waals surface area contributed by atoms with E-state index in [9.17, 15) is 4.39 Å². The molecule has 15 heavy (non-hydrogen) atoms. The molecule has 0 bridgehead atoms. The molecule has 1 fully saturated rings. The quantitative estimate of drug-likeness (QED) is 0.827. The lowest BCUT2D eigenvalue weighted by Crippen LogP contribution is -2.24. The maximum atomic E-state index is 13.1. The van der Waals surface area contributed by atoms with Crippen LogP contribution in [0.25, 0.3) is 0 Å². The molecule has 0 aliphatic carbocycles. The van der Waals surface area contributed by atoms with Gasteiger partial charge in [-0.1, -0.05) is 6.92 Å². The predicted octanol–water partition coefficient (Wildman–Crippen LogP) is 3.44. The van der Waals surface area contributed by atoms with Crippen LogP contribution < -0.4 is 5.32 Å². The Balaban J connectivity index is 2.07. The van der Waals surface area contributed by atoms with Crippen molar-refractivity contribution in [2.45, 2.75) is 31.6 Å². The van der Waals surface area contributed by atoms with Crippen LogP contribution in [0.5, 0.6) is 0 Å². The average molecular weight is 225 g/mol. The normalized spacial score (nSPS) is 25.5. The second-order valence-corrected chi connectivity index (χ2v) is 5.56. The lowest BCUT2D eigenvalue weighted by molar-refractivity contribution is 0.618. The smallest absolute Gasteiger partial charge is 0.126 e. The van der Waals surface area contributed by atoms with Crippen molar-refractivity contribution in [2.75, 3.05) is 11.1 Å². The van der Waals surface area contributed by atoms with Crippen molar-refractivity contribution in [3.05, 3.63) is 29.6 Å². The fourth-order valence-electron chi connectivity index (χ4n) is 1.87. The molecule has 1 saturated heterocycles. The van der Waals surface area contributed by atoms with Crippen LogP contribution in [-0.2, 0) is 0 Å². The van der Waals surface area contributed by atoms with Crippen LogP contribution in [0.3, 0.4) is 0 Å². The molecule has 1 aliphatic heterocycles. The van der Waals surface area contributed by atoms with E-state index in [0.29, 0.717) is 16.9 Å². The minimum absolute atomic E-state index is 0.130. The molecule has 0 radical (unpaired) electrons. The first-order chi connectivity index (χ1) is 7.16. The van der Waals surface area contributed by atoms with Crippen molar-refractivity contribution in [1.29, 1.82) is 0 Å². The van der Waals surface area contributed by atoms with E-state index in [0.717, 1.165) is 5.69 Å². The molecule has 2 atom stereocenters. The van der Waals surface area contributed by atoms with Gasteiger partial charge in [0.1, 0.15) is 5.82 Å². The van der Waals surface area contributed by atoms with Gasteiger partial charge in [-0.05, 0) is 42.9 Å². The van der Waals surface area contributed by atoms with E-state index in [4.69, 9.17) is 0 Å². The summed E-state index contributed by atoms with van der Waals surface area (Å²) in [5.41, 5.74) is 1.74. The Kier molecular flexibility index (Phi) is 3.19. The molecule has 0 spiro atoms. The van der Waals surface area contributed by atoms with E-state index in [1.165, 1.54) is 18.2 Å². The first kappa shape index (κ1) is 10.8. The highest BCUT2D eigenvalue weighted by Crippen LogP contribution is 2.29. The molecule has 3 heteroatoms. The summed E-state index contributed by atoms with van der Waals surface area (Å²) in [6.45, 7) is 4.04. The molecule has 1 N–H and O–H groups in total. The van der Waals surface area contributed by atoms with Gasteiger partial charge in [-0.2, -0.15) is 11.8 Å². The second-order valence-electron chi connectivity index (χ2n) is 4.08. The number of hydrogen-bond acceptors (Lipinski definition) is 2. The number of nitrogens with one attached hydrogen (secondary N) is 1. The highest BCUT2D eigenvalue weighted by atomic mass is 32.2. The van der Waals surface area contributed by atoms with E-state index < -0.39 is 0 Å². The molecular formula is C12H16FNS. The van der Waals surface area contributed by atoms with Gasteiger partial charge < -0.3 is 5.32 Å². The van der Waals surface area contributed by atoms with Gasteiger partial charge in [-0.3, -0.25) is 0 Å². The Morgan fingerprint density at radius 1 is 1.47 bits per heavy atom. The summed E-state index contributed by atoms with van der Waals surface area (Å²) >= 11 is 2.00. The summed E-state index contributed by atoms with van der Waals surface area (Å²) in [5, 5.41) is 4.12. The summed E-state index contributed by atoms with van der Waals surface area (Å²) in [5.74, 6) is 1.09. The molecule has 82 valence electrons. The van der Waals surface area contributed by atoms with Crippen molar-refractivity contribution in [2.24, 2.45) is 0 Å². The molecule has 1 aromatic rings. The number of anilines is 1. The van der Waals surface area contributed by atoms with Crippen LogP contribution in [-0.4, -0.2) is 17.0 Å². The van der Waals surface area contributed by atoms with E-state index in [1.54, 1.807) is 6.92 Å². The number of benzene rings is 1. The molecule has 1 heterocycles. The zero-order valence-corrected chi connectivity index (χ0v) is 9.90. The molecule has 0 saturated carbocycles. The van der Waals surface area contributed by atoms with Gasteiger partial charge in [-0.15, -0.1) is 0 Å². The molecular weight excluding hydrogens is 209 g/mol. The van der Waals surface area contributed by atoms with Crippen LogP contribution in [0, 0.1) is 12.7 Å². The zero-order chi connectivity index (χ0) is 10.8. The molecule has 1 aliphatic rings. The standard InChI is InChI=1S/C12H16FNS/c1-8-7-10(3-4-11(8)13)14-12-5-6-15-9(12)2/h3-4,7,9,12,14H,5-6H2,1-2H3. The van der Waals surface area contributed by atoms with Crippen LogP contribution in [0.1, 0.15) is 18.9 Å². The lowest BCUT2D eigenvalue weighted by Gasteiger charge is -2.18. The molecule has 1 nitrogen and oxygen atoms in total. The first-order valence-electron chi connectivity index (χ1n) is 5.31. The largest absolute Gasteiger partial charge is 0.381 e. The van der Waals surface area contributed by atoms with Crippen molar-refractivity contribution in [3.63, 3.8) is 0 Å². The van der Waals surface area contributed by atoms with Crippen molar-refractivity contribution >= 4 is 17.4 Å². The minimum Gasteiger partial charge on any atom is -0.381 e. The SMILES string of the molecule is Cc1cc(NC2CCSC2C)ccc1F. The molecule has 0 amide bonds. The van der Waals surface area contributed by atoms with Crippen molar-refractivity contribution in [1.82, 2.24) is 0 Å². The van der Waals surface area contributed by atoms with E-state index >= 15 is 0 Å². The third kappa shape index (κ3) is 2.46. The van der Waals surface area contributed by atoms with Gasteiger partial charge >= 0.3 is 0 Å². The molecule has 1 aromatic carbocycles. The number of thioether (sulfide) groups is 1. The average Bonchev–Trinajstić information content (AvgIpc) is 2.59. The summed E-state index contributed by atoms with van der Waals surface area (Å²) in [6.07, 6.45) is 1.20. The second kappa shape index (κ2) is 4.44. The zero-order valence-electron chi connectivity index (χ0n) is 9.09. The molecule has 2 rings (SSSR count). The maximum absolute atomic E-state index is 13.1. The summed E-state index contributed by atoms with van der Waals surface area (Å²) in [7, 11) is 0. The van der Waals surface area contributed by atoms with Crippen LogP contribution in [0.2, 0.25) is 0 Å². The van der Waals surface area contributed by atoms with Gasteiger partial charge in [0.15, 0.2) is 0 Å². The molecule has 2 unspecified atom stereocenters. The fourth-order valence-corrected chi connectivity index (χ4v) is 3.07. The van der Waals surface area contributed by atoms with Crippen molar-refractivity contribution in [3.8, 4) is 0 Å². The monoisotopic (exact) mass is 225 g/mol. The van der Waals surface area contributed by atoms with Gasteiger partial charge in [0.2, 0.25) is 0 Å². The van der Waals surface area contributed by atoms with E-state index in [1.807, 2.05) is 23.9 Å². The summed E-state index contributed by atoms with van der Waals surface area (Å²) in [6, 6.07) is 5.76. The molecule has 0 aromatic heterocycles. The fraction of sp³-hybridized carbons (Fsp3) is 0.500. The number of hydrogen-bond donors (Lipinski definition) is 1. The number of aryl methyl sites for hydroxylation is 1.